The van der Waals surface area contributed by atoms with E-state index in [1.807, 2.05) is 0 Å². The number of methoxy groups -OCH3 is 1. The zero-order valence-corrected chi connectivity index (χ0v) is 10.5. The maximum absolute atomic E-state index is 13.9. The van der Waals surface area contributed by atoms with Gasteiger partial charge < -0.3 is 4.74 Å². The van der Waals surface area contributed by atoms with E-state index in [9.17, 15) is 13.6 Å². The molecule has 2 aromatic rings. The molecule has 0 aliphatic heterocycles. The Morgan fingerprint density at radius 3 is 2.00 bits per heavy atom. The molecule has 0 heterocycles. The molecule has 0 aliphatic rings. The van der Waals surface area contributed by atoms with E-state index in [0.29, 0.717) is 11.1 Å². The lowest BCUT2D eigenvalue weighted by molar-refractivity contribution is 0.101. The zero-order valence-electron chi connectivity index (χ0n) is 10.5. The van der Waals surface area contributed by atoms with Crippen molar-refractivity contribution in [2.75, 3.05) is 7.11 Å². The third kappa shape index (κ3) is 2.62. The molecule has 0 radical (unpaired) electrons. The fraction of sp³-hybridized carbons (Fsp3) is 0.133. The fourth-order valence-electron chi connectivity index (χ4n) is 1.82. The van der Waals surface area contributed by atoms with E-state index in [1.165, 1.54) is 26.2 Å². The van der Waals surface area contributed by atoms with E-state index in [2.05, 4.69) is 0 Å². The van der Waals surface area contributed by atoms with Crippen molar-refractivity contribution in [3.8, 4) is 16.9 Å². The number of ketones is 1. The van der Waals surface area contributed by atoms with Gasteiger partial charge in [0.05, 0.1) is 12.7 Å². The summed E-state index contributed by atoms with van der Waals surface area (Å²) in [6.45, 7) is 1.43. The van der Waals surface area contributed by atoms with Gasteiger partial charge in [-0.05, 0) is 12.5 Å². The number of Topliss-reactive ketones (excluding diaryl/α,β-unsaturated/α-hetero) is 1. The van der Waals surface area contributed by atoms with Gasteiger partial charge in [0, 0.05) is 17.7 Å². The molecule has 2 aromatic carbocycles. The maximum atomic E-state index is 13.9. The van der Waals surface area contributed by atoms with E-state index < -0.39 is 11.6 Å². The molecule has 2 nitrogen and oxygen atoms in total. The van der Waals surface area contributed by atoms with Crippen molar-refractivity contribution in [1.82, 2.24) is 0 Å². The molecule has 0 N–H and O–H groups in total. The van der Waals surface area contributed by atoms with Gasteiger partial charge in [-0.15, -0.1) is 0 Å². The molecule has 0 aliphatic carbocycles. The summed E-state index contributed by atoms with van der Waals surface area (Å²) in [6, 6.07) is 8.37. The molecule has 0 fully saturated rings. The average Bonchev–Trinajstić information content (AvgIpc) is 2.38. The highest BCUT2D eigenvalue weighted by Gasteiger charge is 2.14. The minimum atomic E-state index is -0.701. The van der Waals surface area contributed by atoms with Crippen LogP contribution in [0.1, 0.15) is 17.3 Å². The van der Waals surface area contributed by atoms with Crippen LogP contribution in [-0.4, -0.2) is 12.9 Å². The third-order valence-electron chi connectivity index (χ3n) is 2.83. The van der Waals surface area contributed by atoms with Crippen LogP contribution in [-0.2, 0) is 0 Å². The van der Waals surface area contributed by atoms with Crippen molar-refractivity contribution in [3.63, 3.8) is 0 Å². The SMILES string of the molecule is COc1cc(F)c(-c2ccc(C(C)=O)cc2)c(F)c1. The first-order chi connectivity index (χ1) is 9.02. The van der Waals surface area contributed by atoms with Crippen molar-refractivity contribution in [1.29, 1.82) is 0 Å². The number of halogens is 2. The van der Waals surface area contributed by atoms with Crippen LogP contribution >= 0.6 is 0 Å². The van der Waals surface area contributed by atoms with Gasteiger partial charge in [0.2, 0.25) is 0 Å². The Labute approximate surface area is 109 Å². The van der Waals surface area contributed by atoms with Crippen LogP contribution in [0.5, 0.6) is 5.75 Å². The average molecular weight is 262 g/mol. The predicted octanol–water partition coefficient (Wildman–Crippen LogP) is 3.84. The third-order valence-corrected chi connectivity index (χ3v) is 2.83. The topological polar surface area (TPSA) is 26.3 Å². The molecular formula is C15H12F2O2. The molecule has 2 rings (SSSR count). The molecule has 0 amide bonds. The minimum absolute atomic E-state index is 0.0952. The Morgan fingerprint density at radius 1 is 1.05 bits per heavy atom. The lowest BCUT2D eigenvalue weighted by Crippen LogP contribution is -1.95. The molecule has 19 heavy (non-hydrogen) atoms. The van der Waals surface area contributed by atoms with Gasteiger partial charge in [-0.3, -0.25) is 4.79 Å². The van der Waals surface area contributed by atoms with Crippen LogP contribution in [0.25, 0.3) is 11.1 Å². The van der Waals surface area contributed by atoms with Crippen molar-refractivity contribution in [3.05, 3.63) is 53.6 Å². The number of hydrogen-bond acceptors (Lipinski definition) is 2. The predicted molar refractivity (Wildman–Crippen MR) is 68.4 cm³/mol. The largest absolute Gasteiger partial charge is 0.497 e. The number of rotatable bonds is 3. The minimum Gasteiger partial charge on any atom is -0.497 e. The molecule has 0 aromatic heterocycles. The molecule has 0 atom stereocenters. The Balaban J connectivity index is 2.50. The van der Waals surface area contributed by atoms with Crippen LogP contribution in [0.4, 0.5) is 8.78 Å². The first-order valence-electron chi connectivity index (χ1n) is 5.67. The highest BCUT2D eigenvalue weighted by Crippen LogP contribution is 2.29. The highest BCUT2D eigenvalue weighted by molar-refractivity contribution is 5.94. The Morgan fingerprint density at radius 2 is 1.58 bits per heavy atom. The molecule has 0 bridgehead atoms. The maximum Gasteiger partial charge on any atom is 0.159 e. The van der Waals surface area contributed by atoms with Crippen LogP contribution in [0, 0.1) is 11.6 Å². The summed E-state index contributed by atoms with van der Waals surface area (Å²) in [5.74, 6) is -1.37. The normalized spacial score (nSPS) is 10.3. The highest BCUT2D eigenvalue weighted by atomic mass is 19.1. The number of carbonyl (C=O) groups excluding carboxylic acids is 1. The fourth-order valence-corrected chi connectivity index (χ4v) is 1.82. The molecule has 4 heteroatoms. The number of benzene rings is 2. The summed E-state index contributed by atoms with van der Waals surface area (Å²) in [5, 5.41) is 0. The number of hydrogen-bond donors (Lipinski definition) is 0. The lowest BCUT2D eigenvalue weighted by atomic mass is 10.0. The molecule has 0 unspecified atom stereocenters. The van der Waals surface area contributed by atoms with E-state index in [4.69, 9.17) is 4.74 Å². The molecular weight excluding hydrogens is 250 g/mol. The summed E-state index contributed by atoms with van der Waals surface area (Å²) >= 11 is 0. The van der Waals surface area contributed by atoms with E-state index in [-0.39, 0.29) is 17.1 Å². The van der Waals surface area contributed by atoms with Crippen LogP contribution in [0.3, 0.4) is 0 Å². The second-order valence-electron chi connectivity index (χ2n) is 4.10. The second kappa shape index (κ2) is 5.18. The summed E-state index contributed by atoms with van der Waals surface area (Å²) in [6.07, 6.45) is 0. The lowest BCUT2D eigenvalue weighted by Gasteiger charge is -2.08. The Bertz CT molecular complexity index is 596. The monoisotopic (exact) mass is 262 g/mol. The summed E-state index contributed by atoms with van der Waals surface area (Å²) in [7, 11) is 1.34. The van der Waals surface area contributed by atoms with E-state index in [0.717, 1.165) is 12.1 Å². The van der Waals surface area contributed by atoms with Crippen molar-refractivity contribution < 1.29 is 18.3 Å². The Hall–Kier alpha value is -2.23. The van der Waals surface area contributed by atoms with Gasteiger partial charge in [-0.2, -0.15) is 0 Å². The van der Waals surface area contributed by atoms with Gasteiger partial charge in [0.25, 0.3) is 0 Å². The summed E-state index contributed by atoms with van der Waals surface area (Å²) in [5.41, 5.74) is 0.747. The van der Waals surface area contributed by atoms with Gasteiger partial charge in [-0.25, -0.2) is 8.78 Å². The van der Waals surface area contributed by atoms with Crippen LogP contribution < -0.4 is 4.74 Å². The van der Waals surface area contributed by atoms with Crippen molar-refractivity contribution in [2.45, 2.75) is 6.92 Å². The Kier molecular flexibility index (Phi) is 3.60. The van der Waals surface area contributed by atoms with Gasteiger partial charge in [0.15, 0.2) is 5.78 Å². The van der Waals surface area contributed by atoms with Gasteiger partial charge >= 0.3 is 0 Å². The second-order valence-corrected chi connectivity index (χ2v) is 4.10. The van der Waals surface area contributed by atoms with Crippen molar-refractivity contribution >= 4 is 5.78 Å². The summed E-state index contributed by atoms with van der Waals surface area (Å²) < 4.78 is 32.5. The number of ether oxygens (including phenoxy) is 1. The van der Waals surface area contributed by atoms with Gasteiger partial charge in [0.1, 0.15) is 17.4 Å². The summed E-state index contributed by atoms with van der Waals surface area (Å²) in [4.78, 5) is 11.1. The van der Waals surface area contributed by atoms with Crippen LogP contribution in [0.15, 0.2) is 36.4 Å². The molecule has 0 saturated carbocycles. The van der Waals surface area contributed by atoms with Crippen molar-refractivity contribution in [2.24, 2.45) is 0 Å². The van der Waals surface area contributed by atoms with Crippen LogP contribution in [0.2, 0.25) is 0 Å². The smallest absolute Gasteiger partial charge is 0.159 e. The quantitative estimate of drug-likeness (QED) is 0.785. The zero-order chi connectivity index (χ0) is 14.0. The van der Waals surface area contributed by atoms with Gasteiger partial charge in [-0.1, -0.05) is 24.3 Å². The number of carbonyl (C=O) groups is 1. The standard InChI is InChI=1S/C15H12F2O2/c1-9(18)10-3-5-11(6-4-10)15-13(16)7-12(19-2)8-14(15)17/h3-8H,1-2H3. The molecule has 0 saturated heterocycles. The molecule has 0 spiro atoms. The first kappa shape index (κ1) is 13.2. The molecule has 98 valence electrons. The van der Waals surface area contributed by atoms with E-state index in [1.54, 1.807) is 12.1 Å². The van der Waals surface area contributed by atoms with E-state index >= 15 is 0 Å². The first-order valence-corrected chi connectivity index (χ1v) is 5.67.